The number of hydrogen-bond acceptors (Lipinski definition) is 8. The zero-order chi connectivity index (χ0) is 24.6. The van der Waals surface area contributed by atoms with Gasteiger partial charge >= 0.3 is 16.1 Å². The molecule has 2 aliphatic rings. The highest BCUT2D eigenvalue weighted by Crippen LogP contribution is 2.32. The van der Waals surface area contributed by atoms with E-state index >= 15 is 0 Å². The van der Waals surface area contributed by atoms with Crippen LogP contribution in [0.3, 0.4) is 0 Å². The topological polar surface area (TPSA) is 106 Å². The van der Waals surface area contributed by atoms with Crippen LogP contribution in [0.15, 0.2) is 53.9 Å². The first-order valence-electron chi connectivity index (χ1n) is 11.5. The lowest BCUT2D eigenvalue weighted by Crippen LogP contribution is -2.41. The highest BCUT2D eigenvalue weighted by molar-refractivity contribution is 7.87. The van der Waals surface area contributed by atoms with Gasteiger partial charge in [0.1, 0.15) is 4.90 Å². The van der Waals surface area contributed by atoms with Crippen LogP contribution in [0.25, 0.3) is 5.69 Å². The zero-order valence-electron chi connectivity index (χ0n) is 19.2. The third-order valence-electron chi connectivity index (χ3n) is 6.59. The molecule has 2 fully saturated rings. The van der Waals surface area contributed by atoms with Crippen molar-refractivity contribution in [2.75, 3.05) is 31.1 Å². The fraction of sp³-hybridized carbons (Fsp3) is 0.375. The van der Waals surface area contributed by atoms with E-state index in [1.807, 2.05) is 19.1 Å². The van der Waals surface area contributed by atoms with Gasteiger partial charge in [-0.25, -0.2) is 4.68 Å². The van der Waals surface area contributed by atoms with Crippen LogP contribution in [0.4, 0.5) is 5.69 Å². The summed E-state index contributed by atoms with van der Waals surface area (Å²) in [6.45, 7) is 4.44. The van der Waals surface area contributed by atoms with Crippen LogP contribution in [-0.4, -0.2) is 55.3 Å². The number of rotatable bonds is 6. The van der Waals surface area contributed by atoms with E-state index in [1.165, 1.54) is 0 Å². The maximum absolute atomic E-state index is 13.0. The van der Waals surface area contributed by atoms with Crippen LogP contribution in [0.5, 0.6) is 0 Å². The average Bonchev–Trinajstić information content (AvgIpc) is 3.24. The Hall–Kier alpha value is -2.95. The number of carbonyl (C=O) groups excluding carboxylic acids is 1. The normalized spacial score (nSPS) is 17.3. The van der Waals surface area contributed by atoms with Crippen LogP contribution in [0, 0.1) is 12.8 Å². The summed E-state index contributed by atoms with van der Waals surface area (Å²) in [6.07, 6.45) is 7.65. The molecule has 0 amide bonds. The van der Waals surface area contributed by atoms with Crippen LogP contribution in [0.1, 0.15) is 29.9 Å². The summed E-state index contributed by atoms with van der Waals surface area (Å²) >= 11 is 6.03. The molecule has 1 N–H and O–H groups in total. The fourth-order valence-corrected chi connectivity index (χ4v) is 5.88. The number of benzene rings is 1. The predicted molar refractivity (Wildman–Crippen MR) is 131 cm³/mol. The molecule has 2 aromatic heterocycles. The number of halogens is 1. The second-order valence-electron chi connectivity index (χ2n) is 8.98. The molecular weight excluding hydrogens is 490 g/mol. The third-order valence-corrected chi connectivity index (χ3v) is 8.08. The van der Waals surface area contributed by atoms with E-state index in [1.54, 1.807) is 41.6 Å². The van der Waals surface area contributed by atoms with Gasteiger partial charge in [-0.2, -0.15) is 13.5 Å². The molecule has 0 spiro atoms. The maximum atomic E-state index is 13.0. The predicted octanol–water partition coefficient (Wildman–Crippen LogP) is 3.06. The van der Waals surface area contributed by atoms with Gasteiger partial charge < -0.3 is 14.4 Å². The van der Waals surface area contributed by atoms with Crippen molar-refractivity contribution in [3.05, 3.63) is 65.2 Å². The Morgan fingerprint density at radius 2 is 1.91 bits per heavy atom. The molecule has 4 heterocycles. The molecule has 0 bridgehead atoms. The van der Waals surface area contributed by atoms with E-state index in [2.05, 4.69) is 20.3 Å². The number of nitrogens with zero attached hydrogens (tertiary/aromatic N) is 4. The average molecular weight is 516 g/mol. The number of anilines is 1. The minimum Gasteiger partial charge on any atom is -0.368 e. The van der Waals surface area contributed by atoms with Gasteiger partial charge in [0.25, 0.3) is 0 Å². The highest BCUT2D eigenvalue weighted by Gasteiger charge is 2.34. The lowest BCUT2D eigenvalue weighted by molar-refractivity contribution is -0.139. The van der Waals surface area contributed by atoms with Crippen LogP contribution >= 0.6 is 11.6 Å². The quantitative estimate of drug-likeness (QED) is 0.499. The second kappa shape index (κ2) is 9.60. The Bertz CT molecular complexity index is 1350. The molecule has 0 unspecified atom stereocenters. The molecule has 11 heteroatoms. The lowest BCUT2D eigenvalue weighted by Gasteiger charge is -2.33. The van der Waals surface area contributed by atoms with Gasteiger partial charge in [0.15, 0.2) is 0 Å². The van der Waals surface area contributed by atoms with Crippen molar-refractivity contribution in [3.8, 4) is 5.69 Å². The number of hydrogen-bond donors (Lipinski definition) is 1. The Balaban J connectivity index is 1.27. The van der Waals surface area contributed by atoms with Gasteiger partial charge in [0.05, 0.1) is 34.7 Å². The van der Waals surface area contributed by atoms with Gasteiger partial charge in [0, 0.05) is 44.5 Å². The maximum Gasteiger partial charge on any atom is 0.341 e. The van der Waals surface area contributed by atoms with Crippen molar-refractivity contribution in [2.24, 2.45) is 5.92 Å². The summed E-state index contributed by atoms with van der Waals surface area (Å²) in [5.41, 5.74) is 3.36. The summed E-state index contributed by atoms with van der Waals surface area (Å²) in [4.78, 5) is 19.3. The summed E-state index contributed by atoms with van der Waals surface area (Å²) < 4.78 is 32.9. The lowest BCUT2D eigenvalue weighted by atomic mass is 9.92. The van der Waals surface area contributed by atoms with Crippen molar-refractivity contribution in [1.82, 2.24) is 20.1 Å². The minimum absolute atomic E-state index is 0.0817. The van der Waals surface area contributed by atoms with Crippen LogP contribution < -0.4 is 10.2 Å². The van der Waals surface area contributed by atoms with Gasteiger partial charge in [-0.15, -0.1) is 0 Å². The first-order valence-corrected chi connectivity index (χ1v) is 13.3. The SMILES string of the molecule is Cc1ccc(S(=O)(=O)OC(=O)C2CCN(c3cnccc3-n3cc(Cl)cn3)CC2)c(C2CNC2)c1. The number of piperidine rings is 1. The van der Waals surface area contributed by atoms with Crippen molar-refractivity contribution in [3.63, 3.8) is 0 Å². The van der Waals surface area contributed by atoms with E-state index in [0.29, 0.717) is 49.6 Å². The standard InChI is InChI=1S/C24H26ClN5O4S/c1-16-2-3-23(20(10-16)18-11-27-12-18)35(32,33)34-24(31)17-5-8-29(9-6-17)22-14-26-7-4-21(22)30-15-19(25)13-28-30/h2-4,7,10,13-15,17-18,27H,5-6,8-9,11-12H2,1H3. The summed E-state index contributed by atoms with van der Waals surface area (Å²) in [7, 11) is -4.21. The second-order valence-corrected chi connectivity index (χ2v) is 10.9. The molecule has 9 nitrogen and oxygen atoms in total. The van der Waals surface area contributed by atoms with Gasteiger partial charge in [0.2, 0.25) is 0 Å². The molecule has 1 aromatic carbocycles. The number of carbonyl (C=O) groups is 1. The first-order chi connectivity index (χ1) is 16.8. The third kappa shape index (κ3) is 4.91. The largest absolute Gasteiger partial charge is 0.368 e. The number of aromatic nitrogens is 3. The van der Waals surface area contributed by atoms with Crippen molar-refractivity contribution < 1.29 is 17.4 Å². The smallest absolute Gasteiger partial charge is 0.341 e. The minimum atomic E-state index is -4.21. The van der Waals surface area contributed by atoms with Crippen molar-refractivity contribution in [2.45, 2.75) is 30.6 Å². The number of aryl methyl sites for hydroxylation is 1. The molecule has 0 atom stereocenters. The monoisotopic (exact) mass is 515 g/mol. The van der Waals surface area contributed by atoms with E-state index < -0.39 is 22.0 Å². The van der Waals surface area contributed by atoms with Crippen molar-refractivity contribution in [1.29, 1.82) is 0 Å². The van der Waals surface area contributed by atoms with E-state index in [-0.39, 0.29) is 10.8 Å². The molecule has 5 rings (SSSR count). The molecule has 184 valence electrons. The molecule has 2 aliphatic heterocycles. The molecule has 0 saturated carbocycles. The first kappa shape index (κ1) is 23.8. The van der Waals surface area contributed by atoms with E-state index in [4.69, 9.17) is 15.8 Å². The van der Waals surface area contributed by atoms with Gasteiger partial charge in [-0.3, -0.25) is 9.78 Å². The van der Waals surface area contributed by atoms with Crippen LogP contribution in [0.2, 0.25) is 5.02 Å². The molecule has 35 heavy (non-hydrogen) atoms. The highest BCUT2D eigenvalue weighted by atomic mass is 35.5. The van der Waals surface area contributed by atoms with Gasteiger partial charge in [-0.1, -0.05) is 29.3 Å². The molecular formula is C24H26ClN5O4S. The summed E-state index contributed by atoms with van der Waals surface area (Å²) in [5.74, 6) is -1.10. The van der Waals surface area contributed by atoms with E-state index in [9.17, 15) is 13.2 Å². The molecule has 0 radical (unpaired) electrons. The Morgan fingerprint density at radius 1 is 1.14 bits per heavy atom. The zero-order valence-corrected chi connectivity index (χ0v) is 20.8. The fourth-order valence-electron chi connectivity index (χ4n) is 4.55. The summed E-state index contributed by atoms with van der Waals surface area (Å²) in [5, 5.41) is 7.96. The van der Waals surface area contributed by atoms with Crippen LogP contribution in [-0.2, 0) is 19.1 Å². The Kier molecular flexibility index (Phi) is 6.52. The summed E-state index contributed by atoms with van der Waals surface area (Å²) in [6, 6.07) is 6.98. The Morgan fingerprint density at radius 3 is 2.57 bits per heavy atom. The molecule has 3 aromatic rings. The Labute approximate surface area is 209 Å². The molecule has 2 saturated heterocycles. The molecule has 0 aliphatic carbocycles. The van der Waals surface area contributed by atoms with Gasteiger partial charge in [-0.05, 0) is 37.5 Å². The van der Waals surface area contributed by atoms with E-state index in [0.717, 1.165) is 16.9 Å². The number of nitrogens with one attached hydrogen (secondary N) is 1. The van der Waals surface area contributed by atoms with Crippen molar-refractivity contribution >= 4 is 33.4 Å². The number of pyridine rings is 1.